The molecule has 0 aliphatic carbocycles. The Bertz CT molecular complexity index is 1300. The van der Waals surface area contributed by atoms with E-state index < -0.39 is 11.6 Å². The number of carbonyl (C=O) groups is 2. The summed E-state index contributed by atoms with van der Waals surface area (Å²) < 4.78 is 16.1. The molecule has 8 heteroatoms. The number of amides is 1. The zero-order valence-electron chi connectivity index (χ0n) is 19.8. The highest BCUT2D eigenvalue weighted by molar-refractivity contribution is 6.11. The minimum absolute atomic E-state index is 0.0551. The maximum Gasteiger partial charge on any atom is 0.340 e. The predicted octanol–water partition coefficient (Wildman–Crippen LogP) is 4.36. The summed E-state index contributed by atoms with van der Waals surface area (Å²) in [5.41, 5.74) is 8.99. The van der Waals surface area contributed by atoms with Crippen molar-refractivity contribution in [2.45, 2.75) is 25.9 Å². The van der Waals surface area contributed by atoms with Crippen LogP contribution in [0.4, 0.5) is 5.69 Å². The lowest BCUT2D eigenvalue weighted by Crippen LogP contribution is -2.24. The summed E-state index contributed by atoms with van der Waals surface area (Å²) in [6, 6.07) is 17.3. The number of rotatable bonds is 7. The van der Waals surface area contributed by atoms with Gasteiger partial charge in [0, 0.05) is 24.8 Å². The summed E-state index contributed by atoms with van der Waals surface area (Å²) in [5, 5.41) is 10.4. The average molecular weight is 474 g/mol. The van der Waals surface area contributed by atoms with Crippen LogP contribution < -0.4 is 15.8 Å². The van der Waals surface area contributed by atoms with E-state index in [1.807, 2.05) is 19.9 Å². The first kappa shape index (κ1) is 24.0. The number of methoxy groups -OCH3 is 1. The predicted molar refractivity (Wildman–Crippen MR) is 133 cm³/mol. The summed E-state index contributed by atoms with van der Waals surface area (Å²) >= 11 is 0. The van der Waals surface area contributed by atoms with Gasteiger partial charge in [-0.2, -0.15) is 0 Å². The van der Waals surface area contributed by atoms with Gasteiger partial charge in [0.1, 0.15) is 17.2 Å². The van der Waals surface area contributed by atoms with Crippen molar-refractivity contribution in [3.8, 4) is 16.9 Å². The van der Waals surface area contributed by atoms with Crippen LogP contribution in [0.3, 0.4) is 0 Å². The van der Waals surface area contributed by atoms with Gasteiger partial charge in [0.15, 0.2) is 6.79 Å². The third-order valence-electron chi connectivity index (χ3n) is 5.65. The molecule has 3 aromatic carbocycles. The van der Waals surface area contributed by atoms with Crippen molar-refractivity contribution < 1.29 is 23.8 Å². The monoisotopic (exact) mass is 473 g/mol. The second-order valence-electron chi connectivity index (χ2n) is 8.87. The van der Waals surface area contributed by atoms with Gasteiger partial charge >= 0.3 is 5.97 Å². The fourth-order valence-corrected chi connectivity index (χ4v) is 4.08. The van der Waals surface area contributed by atoms with E-state index in [0.717, 1.165) is 5.56 Å². The molecule has 4 rings (SSSR count). The summed E-state index contributed by atoms with van der Waals surface area (Å²) in [6.07, 6.45) is 0.667. The average Bonchev–Trinajstić information content (AvgIpc) is 3.14. The van der Waals surface area contributed by atoms with Crippen molar-refractivity contribution >= 4 is 23.4 Å². The number of anilines is 1. The number of esters is 1. The lowest BCUT2D eigenvalue weighted by atomic mass is 9.91. The second kappa shape index (κ2) is 9.60. The zero-order chi connectivity index (χ0) is 25.2. The maximum absolute atomic E-state index is 13.5. The van der Waals surface area contributed by atoms with Crippen molar-refractivity contribution in [1.29, 1.82) is 5.41 Å². The first-order valence-corrected chi connectivity index (χ1v) is 11.1. The Balaban J connectivity index is 1.78. The Morgan fingerprint density at radius 2 is 1.77 bits per heavy atom. The van der Waals surface area contributed by atoms with Crippen LogP contribution in [0.5, 0.6) is 5.75 Å². The molecule has 1 aliphatic heterocycles. The molecule has 0 saturated carbocycles. The molecule has 180 valence electrons. The van der Waals surface area contributed by atoms with E-state index in [1.54, 1.807) is 54.6 Å². The number of nitrogens with two attached hydrogens (primary N) is 1. The molecule has 0 radical (unpaired) electrons. The number of nitrogens with one attached hydrogen (secondary N) is 2. The Morgan fingerprint density at radius 3 is 2.46 bits per heavy atom. The fourth-order valence-electron chi connectivity index (χ4n) is 4.08. The number of ether oxygens (including phenoxy) is 3. The molecule has 0 aromatic heterocycles. The van der Waals surface area contributed by atoms with Gasteiger partial charge in [-0.15, -0.1) is 0 Å². The van der Waals surface area contributed by atoms with Crippen LogP contribution in [0.15, 0.2) is 60.7 Å². The van der Waals surface area contributed by atoms with Crippen LogP contribution in [0.2, 0.25) is 0 Å². The topological polar surface area (TPSA) is 124 Å². The fraction of sp³-hybridized carbons (Fsp3) is 0.222. The van der Waals surface area contributed by atoms with E-state index in [0.29, 0.717) is 45.7 Å². The Labute approximate surface area is 203 Å². The first-order chi connectivity index (χ1) is 16.7. The number of hydrogen-bond donors (Lipinski definition) is 3. The van der Waals surface area contributed by atoms with Crippen LogP contribution in [-0.2, 0) is 15.9 Å². The molecule has 1 heterocycles. The Morgan fingerprint density at radius 1 is 1.06 bits per heavy atom. The van der Waals surface area contributed by atoms with E-state index in [2.05, 4.69) is 5.32 Å². The summed E-state index contributed by atoms with van der Waals surface area (Å²) in [5.74, 6) is -0.340. The summed E-state index contributed by atoms with van der Waals surface area (Å²) in [4.78, 5) is 26.2. The van der Waals surface area contributed by atoms with Crippen LogP contribution in [-0.4, -0.2) is 37.2 Å². The smallest absolute Gasteiger partial charge is 0.340 e. The highest BCUT2D eigenvalue weighted by Gasteiger charge is 2.32. The molecule has 1 amide bonds. The van der Waals surface area contributed by atoms with Gasteiger partial charge in [-0.05, 0) is 73.0 Å². The molecule has 4 N–H and O–H groups in total. The standard InChI is InChI=1S/C27H27N3O5/c1-27(2)14-17-12-21(19-6-4-5-7-20(19)26(32)34-15-33-3)22(13-23(17)35-27)25(31)30-18-10-8-16(9-11-18)24(28)29/h4-13H,14-15H2,1-3H3,(H3,28,29)(H,30,31). The highest BCUT2D eigenvalue weighted by atomic mass is 16.7. The number of amidine groups is 1. The molecule has 0 saturated heterocycles. The first-order valence-electron chi connectivity index (χ1n) is 11.1. The molecule has 0 unspecified atom stereocenters. The number of fused-ring (bicyclic) bond motifs is 1. The molecule has 35 heavy (non-hydrogen) atoms. The van der Waals surface area contributed by atoms with Crippen molar-refractivity contribution in [3.05, 3.63) is 82.9 Å². The van der Waals surface area contributed by atoms with Gasteiger partial charge in [0.05, 0.1) is 11.1 Å². The number of carbonyl (C=O) groups excluding carboxylic acids is 2. The van der Waals surface area contributed by atoms with Gasteiger partial charge in [0.2, 0.25) is 0 Å². The van der Waals surface area contributed by atoms with Gasteiger partial charge in [-0.1, -0.05) is 18.2 Å². The van der Waals surface area contributed by atoms with Gasteiger partial charge in [-0.25, -0.2) is 4.79 Å². The van der Waals surface area contributed by atoms with Crippen LogP contribution >= 0.6 is 0 Å². The van der Waals surface area contributed by atoms with Crippen molar-refractivity contribution in [1.82, 2.24) is 0 Å². The molecule has 3 aromatic rings. The number of hydrogen-bond acceptors (Lipinski definition) is 6. The van der Waals surface area contributed by atoms with Crippen LogP contribution in [0, 0.1) is 5.41 Å². The van der Waals surface area contributed by atoms with Gasteiger partial charge in [0.25, 0.3) is 5.91 Å². The molecule has 8 nitrogen and oxygen atoms in total. The molecule has 0 bridgehead atoms. The summed E-state index contributed by atoms with van der Waals surface area (Å²) in [7, 11) is 1.44. The molecular weight excluding hydrogens is 446 g/mol. The lowest BCUT2D eigenvalue weighted by Gasteiger charge is -2.17. The summed E-state index contributed by atoms with van der Waals surface area (Å²) in [6.45, 7) is 3.79. The molecule has 0 atom stereocenters. The van der Waals surface area contributed by atoms with E-state index in [1.165, 1.54) is 7.11 Å². The van der Waals surface area contributed by atoms with Crippen molar-refractivity contribution in [2.75, 3.05) is 19.2 Å². The van der Waals surface area contributed by atoms with Gasteiger partial charge < -0.3 is 25.3 Å². The Hall–Kier alpha value is -4.17. The van der Waals surface area contributed by atoms with Crippen LogP contribution in [0.1, 0.15) is 45.7 Å². The van der Waals surface area contributed by atoms with E-state index in [-0.39, 0.29) is 18.5 Å². The second-order valence-corrected chi connectivity index (χ2v) is 8.87. The molecule has 0 fully saturated rings. The normalized spacial score (nSPS) is 13.5. The number of nitrogen functional groups attached to an aromatic ring is 1. The zero-order valence-corrected chi connectivity index (χ0v) is 19.8. The maximum atomic E-state index is 13.5. The largest absolute Gasteiger partial charge is 0.487 e. The van der Waals surface area contributed by atoms with Crippen LogP contribution in [0.25, 0.3) is 11.1 Å². The van der Waals surface area contributed by atoms with E-state index >= 15 is 0 Å². The third-order valence-corrected chi connectivity index (χ3v) is 5.65. The lowest BCUT2D eigenvalue weighted by molar-refractivity contribution is -0.0124. The highest BCUT2D eigenvalue weighted by Crippen LogP contribution is 2.40. The minimum Gasteiger partial charge on any atom is -0.487 e. The quantitative estimate of drug-likeness (QED) is 0.203. The SMILES string of the molecule is COCOC(=O)c1ccccc1-c1cc2c(cc1C(=O)Nc1ccc(C(=N)N)cc1)OC(C)(C)C2. The Kier molecular flexibility index (Phi) is 6.57. The number of benzene rings is 3. The van der Waals surface area contributed by atoms with Crippen molar-refractivity contribution in [2.24, 2.45) is 5.73 Å². The van der Waals surface area contributed by atoms with Crippen molar-refractivity contribution in [3.63, 3.8) is 0 Å². The van der Waals surface area contributed by atoms with Gasteiger partial charge in [-0.3, -0.25) is 10.2 Å². The molecule has 1 aliphatic rings. The van der Waals surface area contributed by atoms with E-state index in [4.69, 9.17) is 25.4 Å². The molecule has 0 spiro atoms. The van der Waals surface area contributed by atoms with E-state index in [9.17, 15) is 9.59 Å². The minimum atomic E-state index is -0.550. The molecular formula is C27H27N3O5. The third kappa shape index (κ3) is 5.17.